The Bertz CT molecular complexity index is 879. The van der Waals surface area contributed by atoms with Crippen molar-refractivity contribution in [2.24, 2.45) is 5.10 Å². The summed E-state index contributed by atoms with van der Waals surface area (Å²) in [7, 11) is 0. The summed E-state index contributed by atoms with van der Waals surface area (Å²) < 4.78 is 42.8. The number of anilines is 1. The van der Waals surface area contributed by atoms with Gasteiger partial charge in [0, 0.05) is 0 Å². The molecule has 27 heavy (non-hydrogen) atoms. The van der Waals surface area contributed by atoms with Crippen LogP contribution in [0.3, 0.4) is 0 Å². The zero-order valence-electron chi connectivity index (χ0n) is 13.9. The van der Waals surface area contributed by atoms with Crippen LogP contribution in [0.1, 0.15) is 11.1 Å². The van der Waals surface area contributed by atoms with Crippen LogP contribution < -0.4 is 15.1 Å². The number of rotatable bonds is 4. The summed E-state index contributed by atoms with van der Waals surface area (Å²) in [5.41, 5.74) is 2.35. The number of fused-ring (bicyclic) bond motifs is 1. The Hall–Kier alpha value is -3.36. The highest BCUT2D eigenvalue weighted by molar-refractivity contribution is 6.02. The van der Waals surface area contributed by atoms with E-state index in [9.17, 15) is 22.8 Å². The predicted molar refractivity (Wildman–Crippen MR) is 91.5 cm³/mol. The van der Waals surface area contributed by atoms with E-state index in [0.717, 1.165) is 12.1 Å². The molecule has 140 valence electrons. The number of hydrazone groups is 1. The molecular weight excluding hydrogens is 363 g/mol. The topological polar surface area (TPSA) is 71.0 Å². The highest BCUT2D eigenvalue weighted by atomic mass is 19.4. The third-order valence-electron chi connectivity index (χ3n) is 3.75. The van der Waals surface area contributed by atoms with Crippen LogP contribution >= 0.6 is 0 Å². The van der Waals surface area contributed by atoms with Gasteiger partial charge in [-0.25, -0.2) is 5.43 Å². The Morgan fingerprint density at radius 2 is 1.89 bits per heavy atom. The van der Waals surface area contributed by atoms with Crippen LogP contribution in [-0.4, -0.2) is 31.2 Å². The van der Waals surface area contributed by atoms with E-state index in [2.05, 4.69) is 10.5 Å². The lowest BCUT2D eigenvalue weighted by Gasteiger charge is -2.28. The minimum absolute atomic E-state index is 0.168. The van der Waals surface area contributed by atoms with Crippen molar-refractivity contribution in [3.63, 3.8) is 0 Å². The first-order chi connectivity index (χ1) is 12.8. The third-order valence-corrected chi connectivity index (χ3v) is 3.75. The second kappa shape index (κ2) is 7.48. The van der Waals surface area contributed by atoms with Crippen LogP contribution in [0.2, 0.25) is 0 Å². The van der Waals surface area contributed by atoms with E-state index in [1.807, 2.05) is 0 Å². The Kier molecular flexibility index (Phi) is 5.11. The van der Waals surface area contributed by atoms with Crippen molar-refractivity contribution in [3.8, 4) is 5.75 Å². The Labute approximate surface area is 152 Å². The predicted octanol–water partition coefficient (Wildman–Crippen LogP) is 2.58. The fourth-order valence-corrected chi connectivity index (χ4v) is 2.44. The summed E-state index contributed by atoms with van der Waals surface area (Å²) in [5.74, 6) is -0.420. The second-order valence-electron chi connectivity index (χ2n) is 5.65. The monoisotopic (exact) mass is 377 g/mol. The highest BCUT2D eigenvalue weighted by Gasteiger charge is 2.30. The minimum atomic E-state index is -4.41. The first-order valence-electron chi connectivity index (χ1n) is 7.86. The van der Waals surface area contributed by atoms with Crippen LogP contribution in [0.4, 0.5) is 18.9 Å². The second-order valence-corrected chi connectivity index (χ2v) is 5.65. The standard InChI is InChI=1S/C18H14F3N3O3/c19-18(20,21)13-7-5-12(6-8-13)9-22-23-16(25)10-24-14-3-1-2-4-15(14)27-11-17(24)26/h1-9H,10-11H2,(H,23,25)/b22-9-. The maximum absolute atomic E-state index is 12.5. The van der Waals surface area contributed by atoms with E-state index in [4.69, 9.17) is 4.74 Å². The van der Waals surface area contributed by atoms with Crippen molar-refractivity contribution in [2.45, 2.75) is 6.18 Å². The molecule has 0 fully saturated rings. The fourth-order valence-electron chi connectivity index (χ4n) is 2.44. The first kappa shape index (κ1) is 18.4. The number of halogens is 3. The molecule has 9 heteroatoms. The lowest BCUT2D eigenvalue weighted by atomic mass is 10.1. The summed E-state index contributed by atoms with van der Waals surface area (Å²) in [6.45, 7) is -0.428. The molecule has 6 nitrogen and oxygen atoms in total. The van der Waals surface area contributed by atoms with E-state index < -0.39 is 17.6 Å². The summed E-state index contributed by atoms with van der Waals surface area (Å²) in [5, 5.41) is 3.70. The van der Waals surface area contributed by atoms with Gasteiger partial charge in [-0.2, -0.15) is 18.3 Å². The minimum Gasteiger partial charge on any atom is -0.482 e. The summed E-state index contributed by atoms with van der Waals surface area (Å²) in [4.78, 5) is 25.3. The molecule has 1 N–H and O–H groups in total. The van der Waals surface area contributed by atoms with Crippen LogP contribution in [0.5, 0.6) is 5.75 Å². The number of carbonyl (C=O) groups is 2. The molecule has 1 aliphatic heterocycles. The number of benzene rings is 2. The van der Waals surface area contributed by atoms with Gasteiger partial charge in [-0.15, -0.1) is 0 Å². The lowest BCUT2D eigenvalue weighted by Crippen LogP contribution is -2.44. The molecule has 0 unspecified atom stereocenters. The Morgan fingerprint density at radius 1 is 1.19 bits per heavy atom. The van der Waals surface area contributed by atoms with Crippen LogP contribution in [-0.2, 0) is 15.8 Å². The van der Waals surface area contributed by atoms with Crippen molar-refractivity contribution in [1.82, 2.24) is 5.43 Å². The van der Waals surface area contributed by atoms with Gasteiger partial charge in [-0.1, -0.05) is 24.3 Å². The molecule has 0 bridgehead atoms. The molecule has 1 heterocycles. The average molecular weight is 377 g/mol. The Morgan fingerprint density at radius 3 is 2.59 bits per heavy atom. The number of hydrogen-bond acceptors (Lipinski definition) is 4. The molecule has 0 aromatic heterocycles. The summed E-state index contributed by atoms with van der Waals surface area (Å²) >= 11 is 0. The first-order valence-corrected chi connectivity index (χ1v) is 7.86. The van der Waals surface area contributed by atoms with E-state index >= 15 is 0 Å². The molecule has 1 aliphatic rings. The number of nitrogens with one attached hydrogen (secondary N) is 1. The summed E-state index contributed by atoms with van der Waals surface area (Å²) in [6.07, 6.45) is -3.20. The molecule has 2 amide bonds. The molecule has 0 saturated heterocycles. The molecule has 0 radical (unpaired) electrons. The molecule has 2 aromatic rings. The van der Waals surface area contributed by atoms with Gasteiger partial charge in [-0.3, -0.25) is 14.5 Å². The molecule has 0 atom stereocenters. The van der Waals surface area contributed by atoms with Gasteiger partial charge in [-0.05, 0) is 29.8 Å². The van der Waals surface area contributed by atoms with Crippen molar-refractivity contribution in [2.75, 3.05) is 18.1 Å². The van der Waals surface area contributed by atoms with E-state index in [1.54, 1.807) is 24.3 Å². The van der Waals surface area contributed by atoms with Gasteiger partial charge in [0.1, 0.15) is 12.3 Å². The quantitative estimate of drug-likeness (QED) is 0.658. The van der Waals surface area contributed by atoms with Gasteiger partial charge < -0.3 is 4.74 Å². The van der Waals surface area contributed by atoms with Crippen molar-refractivity contribution >= 4 is 23.7 Å². The van der Waals surface area contributed by atoms with Crippen LogP contribution in [0.25, 0.3) is 0 Å². The van der Waals surface area contributed by atoms with Crippen LogP contribution in [0, 0.1) is 0 Å². The van der Waals surface area contributed by atoms with Gasteiger partial charge in [0.05, 0.1) is 17.5 Å². The molecule has 0 spiro atoms. The molecule has 0 aliphatic carbocycles. The molecule has 2 aromatic carbocycles. The summed E-state index contributed by atoms with van der Waals surface area (Å²) in [6, 6.07) is 11.1. The largest absolute Gasteiger partial charge is 0.482 e. The maximum atomic E-state index is 12.5. The maximum Gasteiger partial charge on any atom is 0.416 e. The number of nitrogens with zero attached hydrogens (tertiary/aromatic N) is 2. The van der Waals surface area contributed by atoms with Gasteiger partial charge in [0.25, 0.3) is 11.8 Å². The molecule has 0 saturated carbocycles. The molecular formula is C18H14F3N3O3. The number of hydrogen-bond donors (Lipinski definition) is 1. The van der Waals surface area contributed by atoms with Crippen molar-refractivity contribution < 1.29 is 27.5 Å². The van der Waals surface area contributed by atoms with Crippen molar-refractivity contribution in [1.29, 1.82) is 0 Å². The van der Waals surface area contributed by atoms with Crippen molar-refractivity contribution in [3.05, 3.63) is 59.7 Å². The Balaban J connectivity index is 1.60. The number of ether oxygens (including phenoxy) is 1. The van der Waals surface area contributed by atoms with E-state index in [-0.39, 0.29) is 19.1 Å². The van der Waals surface area contributed by atoms with E-state index in [1.165, 1.54) is 23.2 Å². The lowest BCUT2D eigenvalue weighted by molar-refractivity contribution is -0.137. The van der Waals surface area contributed by atoms with E-state index in [0.29, 0.717) is 17.0 Å². The smallest absolute Gasteiger partial charge is 0.416 e. The van der Waals surface area contributed by atoms with Gasteiger partial charge in [0.15, 0.2) is 6.61 Å². The normalized spacial score (nSPS) is 14.0. The zero-order chi connectivity index (χ0) is 19.4. The number of amides is 2. The number of alkyl halides is 3. The van der Waals surface area contributed by atoms with Gasteiger partial charge in [0.2, 0.25) is 0 Å². The zero-order valence-corrected chi connectivity index (χ0v) is 13.9. The molecule has 3 rings (SSSR count). The number of carbonyl (C=O) groups excluding carboxylic acids is 2. The van der Waals surface area contributed by atoms with Gasteiger partial charge >= 0.3 is 6.18 Å². The average Bonchev–Trinajstić information content (AvgIpc) is 2.64. The number of para-hydroxylation sites is 2. The highest BCUT2D eigenvalue weighted by Crippen LogP contribution is 2.31. The fraction of sp³-hybridized carbons (Fsp3) is 0.167. The third kappa shape index (κ3) is 4.43. The van der Waals surface area contributed by atoms with Crippen LogP contribution in [0.15, 0.2) is 53.6 Å². The SMILES string of the molecule is O=C(CN1C(=O)COc2ccccc21)N/N=C\c1ccc(C(F)(F)F)cc1.